The van der Waals surface area contributed by atoms with Gasteiger partial charge in [-0.15, -0.1) is 0 Å². The quantitative estimate of drug-likeness (QED) is 0.651. The van der Waals surface area contributed by atoms with E-state index in [0.29, 0.717) is 13.1 Å². The number of aliphatic carboxylic acids is 1. The van der Waals surface area contributed by atoms with Crippen molar-refractivity contribution in [3.05, 3.63) is 34.4 Å². The van der Waals surface area contributed by atoms with Crippen LogP contribution in [0.15, 0.2) is 24.3 Å². The van der Waals surface area contributed by atoms with E-state index in [-0.39, 0.29) is 18.4 Å². The van der Waals surface area contributed by atoms with Gasteiger partial charge >= 0.3 is 5.97 Å². The van der Waals surface area contributed by atoms with Crippen LogP contribution in [0.2, 0.25) is 0 Å². The lowest BCUT2D eigenvalue weighted by atomic mass is 10.1. The second kappa shape index (κ2) is 6.33. The molecule has 0 aliphatic carbocycles. The number of hydrogen-bond acceptors (Lipinski definition) is 5. The summed E-state index contributed by atoms with van der Waals surface area (Å²) in [5, 5.41) is 19.3. The Hall–Kier alpha value is -2.15. The number of carboxylic acids is 1. The molecule has 0 spiro atoms. The number of rotatable bonds is 5. The van der Waals surface area contributed by atoms with Crippen LogP contribution in [-0.2, 0) is 9.53 Å². The molecule has 20 heavy (non-hydrogen) atoms. The molecule has 0 aromatic heterocycles. The molecular formula is C13H16N2O5. The molecule has 1 heterocycles. The van der Waals surface area contributed by atoms with Gasteiger partial charge in [-0.2, -0.15) is 0 Å². The Bertz CT molecular complexity index is 497. The van der Waals surface area contributed by atoms with E-state index in [1.54, 1.807) is 12.1 Å². The molecule has 0 amide bonds. The van der Waals surface area contributed by atoms with Crippen molar-refractivity contribution in [1.29, 1.82) is 0 Å². The average Bonchev–Trinajstić information content (AvgIpc) is 2.46. The molecule has 1 N–H and O–H groups in total. The summed E-state index contributed by atoms with van der Waals surface area (Å²) in [7, 11) is 0. The summed E-state index contributed by atoms with van der Waals surface area (Å²) in [6, 6.07) is 6.52. The molecule has 0 radical (unpaired) electrons. The fourth-order valence-electron chi connectivity index (χ4n) is 2.27. The summed E-state index contributed by atoms with van der Waals surface area (Å²) >= 11 is 0. The van der Waals surface area contributed by atoms with Gasteiger partial charge in [0.15, 0.2) is 0 Å². The molecular weight excluding hydrogens is 264 g/mol. The third-order valence-corrected chi connectivity index (χ3v) is 3.29. The zero-order chi connectivity index (χ0) is 14.5. The van der Waals surface area contributed by atoms with E-state index in [4.69, 9.17) is 9.84 Å². The molecule has 0 unspecified atom stereocenters. The minimum Gasteiger partial charge on any atom is -0.480 e. The maximum Gasteiger partial charge on any atom is 0.329 e. The number of carboxylic acid groups (broad SMARTS) is 1. The number of piperidine rings is 1. The molecule has 1 fully saturated rings. The highest BCUT2D eigenvalue weighted by molar-refractivity contribution is 5.68. The highest BCUT2D eigenvalue weighted by Crippen LogP contribution is 2.24. The largest absolute Gasteiger partial charge is 0.480 e. The van der Waals surface area contributed by atoms with Crippen molar-refractivity contribution in [3.8, 4) is 0 Å². The second-order valence-electron chi connectivity index (χ2n) is 4.67. The summed E-state index contributed by atoms with van der Waals surface area (Å²) in [4.78, 5) is 22.8. The number of nitro groups is 1. The number of benzene rings is 1. The normalized spacial score (nSPS) is 16.1. The number of nitro benzene ring substituents is 1. The molecule has 108 valence electrons. The zero-order valence-electron chi connectivity index (χ0n) is 10.9. The van der Waals surface area contributed by atoms with Crippen LogP contribution in [0.25, 0.3) is 0 Å². The first kappa shape index (κ1) is 14.3. The molecule has 2 rings (SSSR count). The van der Waals surface area contributed by atoms with Crippen molar-refractivity contribution in [2.45, 2.75) is 18.9 Å². The molecule has 1 saturated heterocycles. The molecule has 1 aliphatic rings. The maximum atomic E-state index is 10.7. The van der Waals surface area contributed by atoms with Crippen LogP contribution < -0.4 is 4.90 Å². The number of ether oxygens (including phenoxy) is 1. The van der Waals surface area contributed by atoms with Gasteiger partial charge in [-0.05, 0) is 18.9 Å². The molecule has 0 saturated carbocycles. The van der Waals surface area contributed by atoms with Crippen molar-refractivity contribution >= 4 is 17.3 Å². The lowest BCUT2D eigenvalue weighted by molar-refractivity contribution is -0.384. The van der Waals surface area contributed by atoms with Gasteiger partial charge in [0.2, 0.25) is 0 Å². The number of non-ortho nitro benzene ring substituents is 1. The smallest absolute Gasteiger partial charge is 0.329 e. The van der Waals surface area contributed by atoms with Crippen LogP contribution in [0, 0.1) is 10.1 Å². The van der Waals surface area contributed by atoms with Crippen LogP contribution in [0.5, 0.6) is 0 Å². The molecule has 0 atom stereocenters. The van der Waals surface area contributed by atoms with Gasteiger partial charge in [-0.1, -0.05) is 6.07 Å². The Kier molecular flexibility index (Phi) is 4.52. The summed E-state index contributed by atoms with van der Waals surface area (Å²) in [5.74, 6) is -0.967. The van der Waals surface area contributed by atoms with Crippen LogP contribution in [0.4, 0.5) is 11.4 Å². The van der Waals surface area contributed by atoms with Crippen molar-refractivity contribution < 1.29 is 19.6 Å². The molecule has 0 bridgehead atoms. The first-order valence-corrected chi connectivity index (χ1v) is 6.39. The lowest BCUT2D eigenvalue weighted by Gasteiger charge is -2.33. The molecule has 7 heteroatoms. The third-order valence-electron chi connectivity index (χ3n) is 3.29. The van der Waals surface area contributed by atoms with E-state index in [1.807, 2.05) is 11.0 Å². The minimum absolute atomic E-state index is 0.0546. The summed E-state index contributed by atoms with van der Waals surface area (Å²) in [6.45, 7) is 1.12. The van der Waals surface area contributed by atoms with Gasteiger partial charge in [0.05, 0.1) is 11.0 Å². The van der Waals surface area contributed by atoms with Crippen LogP contribution in [0.1, 0.15) is 12.8 Å². The van der Waals surface area contributed by atoms with Crippen molar-refractivity contribution in [2.75, 3.05) is 24.6 Å². The number of anilines is 1. The summed E-state index contributed by atoms with van der Waals surface area (Å²) in [5.41, 5.74) is 0.891. The van der Waals surface area contributed by atoms with Crippen LogP contribution >= 0.6 is 0 Å². The Morgan fingerprint density at radius 2 is 2.15 bits per heavy atom. The Morgan fingerprint density at radius 3 is 2.75 bits per heavy atom. The number of nitrogens with zero attached hydrogens (tertiary/aromatic N) is 2. The molecule has 1 aromatic rings. The van der Waals surface area contributed by atoms with E-state index >= 15 is 0 Å². The zero-order valence-corrected chi connectivity index (χ0v) is 10.9. The average molecular weight is 280 g/mol. The molecule has 7 nitrogen and oxygen atoms in total. The van der Waals surface area contributed by atoms with E-state index in [0.717, 1.165) is 18.5 Å². The topological polar surface area (TPSA) is 92.9 Å². The molecule has 1 aliphatic heterocycles. The van der Waals surface area contributed by atoms with E-state index in [2.05, 4.69) is 0 Å². The fourth-order valence-corrected chi connectivity index (χ4v) is 2.27. The number of hydrogen-bond donors (Lipinski definition) is 1. The van der Waals surface area contributed by atoms with Crippen molar-refractivity contribution in [2.24, 2.45) is 0 Å². The van der Waals surface area contributed by atoms with E-state index in [1.165, 1.54) is 6.07 Å². The van der Waals surface area contributed by atoms with E-state index in [9.17, 15) is 14.9 Å². The second-order valence-corrected chi connectivity index (χ2v) is 4.67. The molecule has 1 aromatic carbocycles. The Balaban J connectivity index is 1.92. The third kappa shape index (κ3) is 3.67. The van der Waals surface area contributed by atoms with Gasteiger partial charge in [-0.3, -0.25) is 10.1 Å². The van der Waals surface area contributed by atoms with Crippen LogP contribution in [-0.4, -0.2) is 41.8 Å². The standard InChI is InChI=1S/C13H16N2O5/c16-13(17)9-20-12-4-6-14(7-5-12)10-2-1-3-11(8-10)15(18)19/h1-3,8,12H,4-7,9H2,(H,16,17). The van der Waals surface area contributed by atoms with Gasteiger partial charge in [0, 0.05) is 30.9 Å². The summed E-state index contributed by atoms with van der Waals surface area (Å²) < 4.78 is 5.26. The first-order chi connectivity index (χ1) is 9.56. The van der Waals surface area contributed by atoms with Crippen molar-refractivity contribution in [3.63, 3.8) is 0 Å². The first-order valence-electron chi connectivity index (χ1n) is 6.39. The lowest BCUT2D eigenvalue weighted by Crippen LogP contribution is -2.37. The van der Waals surface area contributed by atoms with Gasteiger partial charge in [0.1, 0.15) is 6.61 Å². The summed E-state index contributed by atoms with van der Waals surface area (Å²) in [6.07, 6.45) is 1.38. The highest BCUT2D eigenvalue weighted by atomic mass is 16.6. The number of carbonyl (C=O) groups is 1. The Morgan fingerprint density at radius 1 is 1.45 bits per heavy atom. The van der Waals surface area contributed by atoms with Gasteiger partial charge in [-0.25, -0.2) is 4.79 Å². The fraction of sp³-hybridized carbons (Fsp3) is 0.462. The monoisotopic (exact) mass is 280 g/mol. The maximum absolute atomic E-state index is 10.7. The van der Waals surface area contributed by atoms with E-state index < -0.39 is 10.9 Å². The van der Waals surface area contributed by atoms with Gasteiger partial charge < -0.3 is 14.7 Å². The predicted octanol–water partition coefficient (Wildman–Crippen LogP) is 1.66. The van der Waals surface area contributed by atoms with Crippen molar-refractivity contribution in [1.82, 2.24) is 0 Å². The SMILES string of the molecule is O=C(O)COC1CCN(c2cccc([N+](=O)[O-])c2)CC1. The van der Waals surface area contributed by atoms with Gasteiger partial charge in [0.25, 0.3) is 5.69 Å². The highest BCUT2D eigenvalue weighted by Gasteiger charge is 2.21. The predicted molar refractivity (Wildman–Crippen MR) is 71.9 cm³/mol. The van der Waals surface area contributed by atoms with Crippen LogP contribution in [0.3, 0.4) is 0 Å². The minimum atomic E-state index is -0.967. The Labute approximate surface area is 115 Å².